The number of hydrogen-bond acceptors (Lipinski definition) is 2. The van der Waals surface area contributed by atoms with E-state index >= 15 is 0 Å². The van der Waals surface area contributed by atoms with E-state index in [-0.39, 0.29) is 0 Å². The van der Waals surface area contributed by atoms with Crippen molar-refractivity contribution in [2.45, 2.75) is 40.0 Å². The van der Waals surface area contributed by atoms with Crippen LogP contribution in [0, 0.1) is 18.3 Å². The summed E-state index contributed by atoms with van der Waals surface area (Å²) in [5.41, 5.74) is 4.52. The molecule has 0 saturated heterocycles. The fraction of sp³-hybridized carbons (Fsp3) is 0.533. The number of rotatable bonds is 0. The van der Waals surface area contributed by atoms with Crippen LogP contribution in [-0.2, 0) is 6.42 Å². The van der Waals surface area contributed by atoms with E-state index in [1.54, 1.807) is 0 Å². The average molecular weight is 230 g/mol. The van der Waals surface area contributed by atoms with Gasteiger partial charge >= 0.3 is 0 Å². The van der Waals surface area contributed by atoms with Crippen LogP contribution in [-0.4, -0.2) is 13.6 Å². The van der Waals surface area contributed by atoms with Crippen LogP contribution in [0.15, 0.2) is 12.1 Å². The van der Waals surface area contributed by atoms with Gasteiger partial charge in [-0.15, -0.1) is 0 Å². The molecule has 1 aromatic rings. The molecule has 2 heteroatoms. The first kappa shape index (κ1) is 13.6. The lowest BCUT2D eigenvalue weighted by molar-refractivity contribution is 0.743. The van der Waals surface area contributed by atoms with Crippen molar-refractivity contribution >= 4 is 5.69 Å². The predicted octanol–water partition coefficient (Wildman–Crippen LogP) is 3.67. The first-order chi connectivity index (χ1) is 8.13. The second kappa shape index (κ2) is 6.30. The second-order valence-corrected chi connectivity index (χ2v) is 4.64. The maximum absolute atomic E-state index is 8.94. The third kappa shape index (κ3) is 3.23. The Balaban J connectivity index is 0.000000437. The highest BCUT2D eigenvalue weighted by atomic mass is 15.1. The average Bonchev–Trinajstić information content (AvgIpc) is 2.30. The van der Waals surface area contributed by atoms with Crippen molar-refractivity contribution in [1.82, 2.24) is 0 Å². The number of anilines is 1. The van der Waals surface area contributed by atoms with E-state index in [9.17, 15) is 0 Å². The summed E-state index contributed by atoms with van der Waals surface area (Å²) in [6, 6.07) is 6.41. The lowest BCUT2D eigenvalue weighted by Crippen LogP contribution is -2.24. The second-order valence-electron chi connectivity index (χ2n) is 4.64. The van der Waals surface area contributed by atoms with Crippen molar-refractivity contribution in [3.8, 4) is 6.07 Å². The van der Waals surface area contributed by atoms with Crippen LogP contribution >= 0.6 is 0 Å². The Bertz CT molecular complexity index is 416. The Morgan fingerprint density at radius 2 is 2.00 bits per heavy atom. The molecule has 2 nitrogen and oxygen atoms in total. The molecule has 0 unspecified atom stereocenters. The third-order valence-electron chi connectivity index (χ3n) is 2.90. The number of benzene rings is 1. The molecule has 0 aromatic heterocycles. The molecule has 0 fully saturated rings. The minimum atomic E-state index is 0.803. The van der Waals surface area contributed by atoms with Crippen LogP contribution in [0.5, 0.6) is 0 Å². The topological polar surface area (TPSA) is 27.0 Å². The largest absolute Gasteiger partial charge is 0.374 e. The highest BCUT2D eigenvalue weighted by Gasteiger charge is 2.15. The van der Waals surface area contributed by atoms with Gasteiger partial charge in [0.2, 0.25) is 0 Å². The monoisotopic (exact) mass is 230 g/mol. The number of nitriles is 1. The molecule has 1 heterocycles. The molecule has 0 aliphatic carbocycles. The van der Waals surface area contributed by atoms with Gasteiger partial charge in [0.05, 0.1) is 11.6 Å². The first-order valence-electron chi connectivity index (χ1n) is 6.38. The molecular formula is C15H22N2. The SMILES string of the molecule is CCC.Cc1cc2c(cc1C#N)N(C)CCC2. The minimum absolute atomic E-state index is 0.803. The Morgan fingerprint density at radius 3 is 2.59 bits per heavy atom. The zero-order valence-electron chi connectivity index (χ0n) is 11.4. The molecule has 1 aliphatic rings. The van der Waals surface area contributed by atoms with Crippen LogP contribution < -0.4 is 4.90 Å². The normalized spacial score (nSPS) is 13.2. The summed E-state index contributed by atoms with van der Waals surface area (Å²) in [4.78, 5) is 2.24. The number of fused-ring (bicyclic) bond motifs is 1. The zero-order valence-corrected chi connectivity index (χ0v) is 11.4. The highest BCUT2D eigenvalue weighted by molar-refractivity contribution is 5.60. The Morgan fingerprint density at radius 1 is 1.35 bits per heavy atom. The van der Waals surface area contributed by atoms with Crippen LogP contribution in [0.2, 0.25) is 0 Å². The molecule has 0 atom stereocenters. The summed E-state index contributed by atoms with van der Waals surface area (Å²) in [7, 11) is 2.09. The predicted molar refractivity (Wildman–Crippen MR) is 73.5 cm³/mol. The lowest BCUT2D eigenvalue weighted by atomic mass is 9.97. The van der Waals surface area contributed by atoms with Crippen LogP contribution in [0.25, 0.3) is 0 Å². The lowest BCUT2D eigenvalue weighted by Gasteiger charge is -2.28. The molecule has 1 aliphatic heterocycles. The van der Waals surface area contributed by atoms with Gasteiger partial charge in [0, 0.05) is 19.3 Å². The smallest absolute Gasteiger partial charge is 0.0995 e. The van der Waals surface area contributed by atoms with Gasteiger partial charge in [0.15, 0.2) is 0 Å². The molecule has 0 N–H and O–H groups in total. The molecule has 1 aromatic carbocycles. The van der Waals surface area contributed by atoms with E-state index in [1.165, 1.54) is 24.1 Å². The molecule has 92 valence electrons. The van der Waals surface area contributed by atoms with Crippen LogP contribution in [0.1, 0.15) is 43.4 Å². The van der Waals surface area contributed by atoms with Gasteiger partial charge in [0.25, 0.3) is 0 Å². The van der Waals surface area contributed by atoms with Crippen LogP contribution in [0.3, 0.4) is 0 Å². The number of hydrogen-bond donors (Lipinski definition) is 0. The molecule has 2 rings (SSSR count). The maximum Gasteiger partial charge on any atom is 0.0995 e. The molecule has 0 amide bonds. The van der Waals surface area contributed by atoms with Crippen molar-refractivity contribution < 1.29 is 0 Å². The minimum Gasteiger partial charge on any atom is -0.374 e. The molecule has 0 radical (unpaired) electrons. The quantitative estimate of drug-likeness (QED) is 0.680. The number of aryl methyl sites for hydroxylation is 2. The van der Waals surface area contributed by atoms with E-state index in [0.29, 0.717) is 0 Å². The summed E-state index contributed by atoms with van der Waals surface area (Å²) < 4.78 is 0. The van der Waals surface area contributed by atoms with Gasteiger partial charge in [-0.2, -0.15) is 5.26 Å². The fourth-order valence-electron chi connectivity index (χ4n) is 2.06. The standard InChI is InChI=1S/C12H14N2.C3H8/c1-9-6-10-4-3-5-14(2)12(10)7-11(9)8-13;1-3-2/h6-7H,3-5H2,1-2H3;3H2,1-2H3. The van der Waals surface area contributed by atoms with Gasteiger partial charge in [-0.3, -0.25) is 0 Å². The van der Waals surface area contributed by atoms with E-state index in [1.807, 2.05) is 13.0 Å². The maximum atomic E-state index is 8.94. The van der Waals surface area contributed by atoms with Gasteiger partial charge in [-0.25, -0.2) is 0 Å². The van der Waals surface area contributed by atoms with Crippen molar-refractivity contribution in [3.05, 3.63) is 28.8 Å². The van der Waals surface area contributed by atoms with Crippen LogP contribution in [0.4, 0.5) is 5.69 Å². The summed E-state index contributed by atoms with van der Waals surface area (Å²) in [6.45, 7) is 7.36. The van der Waals surface area contributed by atoms with Gasteiger partial charge < -0.3 is 4.90 Å². The molecular weight excluding hydrogens is 208 g/mol. The fourth-order valence-corrected chi connectivity index (χ4v) is 2.06. The Hall–Kier alpha value is -1.49. The summed E-state index contributed by atoms with van der Waals surface area (Å²) >= 11 is 0. The Kier molecular flexibility index (Phi) is 5.03. The third-order valence-corrected chi connectivity index (χ3v) is 2.90. The molecule has 17 heavy (non-hydrogen) atoms. The van der Waals surface area contributed by atoms with Crippen molar-refractivity contribution in [2.75, 3.05) is 18.5 Å². The summed E-state index contributed by atoms with van der Waals surface area (Å²) in [5.74, 6) is 0. The van der Waals surface area contributed by atoms with E-state index in [2.05, 4.69) is 37.9 Å². The van der Waals surface area contributed by atoms with Crippen molar-refractivity contribution in [1.29, 1.82) is 5.26 Å². The van der Waals surface area contributed by atoms with E-state index < -0.39 is 0 Å². The summed E-state index contributed by atoms with van der Waals surface area (Å²) in [5, 5.41) is 8.94. The summed E-state index contributed by atoms with van der Waals surface area (Å²) in [6.07, 6.45) is 3.61. The van der Waals surface area contributed by atoms with Gasteiger partial charge in [0.1, 0.15) is 0 Å². The molecule has 0 bridgehead atoms. The van der Waals surface area contributed by atoms with Gasteiger partial charge in [-0.05, 0) is 37.0 Å². The first-order valence-corrected chi connectivity index (χ1v) is 6.38. The van der Waals surface area contributed by atoms with Crippen molar-refractivity contribution in [2.24, 2.45) is 0 Å². The van der Waals surface area contributed by atoms with E-state index in [0.717, 1.165) is 24.1 Å². The zero-order chi connectivity index (χ0) is 12.8. The molecule has 0 saturated carbocycles. The molecule has 0 spiro atoms. The highest BCUT2D eigenvalue weighted by Crippen LogP contribution is 2.28. The van der Waals surface area contributed by atoms with Gasteiger partial charge in [-0.1, -0.05) is 26.3 Å². The number of nitrogens with zero attached hydrogens (tertiary/aromatic N) is 2. The Labute approximate surface area is 105 Å². The van der Waals surface area contributed by atoms with E-state index in [4.69, 9.17) is 5.26 Å². The van der Waals surface area contributed by atoms with Crippen molar-refractivity contribution in [3.63, 3.8) is 0 Å².